The van der Waals surface area contributed by atoms with Crippen molar-refractivity contribution in [3.05, 3.63) is 65.2 Å². The van der Waals surface area contributed by atoms with E-state index >= 15 is 0 Å². The van der Waals surface area contributed by atoms with Crippen molar-refractivity contribution < 1.29 is 42.9 Å². The summed E-state index contributed by atoms with van der Waals surface area (Å²) in [6, 6.07) is 7.24. The number of esters is 4. The molecule has 0 amide bonds. The summed E-state index contributed by atoms with van der Waals surface area (Å²) in [7, 11) is 0. The van der Waals surface area contributed by atoms with Crippen molar-refractivity contribution in [3.63, 3.8) is 0 Å². The van der Waals surface area contributed by atoms with Crippen molar-refractivity contribution in [2.24, 2.45) is 21.7 Å². The lowest BCUT2D eigenvalue weighted by molar-refractivity contribution is -0.287. The third-order valence-electron chi connectivity index (χ3n) is 9.31. The van der Waals surface area contributed by atoms with Crippen LogP contribution in [0.1, 0.15) is 101 Å². The number of ether oxygens (including phenoxy) is 5. The molecule has 4 rings (SSSR count). The predicted octanol–water partition coefficient (Wildman–Crippen LogP) is 7.02. The van der Waals surface area contributed by atoms with E-state index in [0.29, 0.717) is 24.4 Å². The highest BCUT2D eigenvalue weighted by molar-refractivity contribution is 6.31. The number of benzene rings is 1. The van der Waals surface area contributed by atoms with Crippen LogP contribution in [0.4, 0.5) is 0 Å². The molecule has 2 aliphatic rings. The SMILES string of the molecule is CC(C)(C)C(=O)OC[C@H]1O[C@@H](N2CC=C(c3cncnc3)C[C@H]2Cc2ccccc2Cl)[C@H](OC(=O)C(C)(C)C)[C@@H](OC(=O)C(C)(C)C)[C@H]1OC(=O)C(C)(C)C. The molecule has 0 aliphatic carbocycles. The summed E-state index contributed by atoms with van der Waals surface area (Å²) in [5, 5.41) is 0.583. The van der Waals surface area contributed by atoms with Crippen molar-refractivity contribution >= 4 is 41.1 Å². The molecule has 1 aromatic heterocycles. The van der Waals surface area contributed by atoms with Crippen molar-refractivity contribution in [2.75, 3.05) is 13.2 Å². The van der Waals surface area contributed by atoms with Gasteiger partial charge in [-0.2, -0.15) is 0 Å². The molecular formula is C42H58ClN3O9. The zero-order chi connectivity index (χ0) is 41.1. The van der Waals surface area contributed by atoms with Crippen LogP contribution in [0, 0.1) is 21.7 Å². The molecule has 0 bridgehead atoms. The average Bonchev–Trinajstić information content (AvgIpc) is 3.08. The summed E-state index contributed by atoms with van der Waals surface area (Å²) in [6.07, 6.45) is 1.75. The molecule has 1 fully saturated rings. The van der Waals surface area contributed by atoms with Crippen molar-refractivity contribution in [2.45, 2.75) is 133 Å². The molecule has 1 aromatic carbocycles. The monoisotopic (exact) mass is 783 g/mol. The Morgan fingerprint density at radius 3 is 1.78 bits per heavy atom. The Kier molecular flexibility index (Phi) is 13.6. The molecular weight excluding hydrogens is 726 g/mol. The van der Waals surface area contributed by atoms with Crippen molar-refractivity contribution in [3.8, 4) is 0 Å². The van der Waals surface area contributed by atoms with Gasteiger partial charge in [0.2, 0.25) is 0 Å². The Balaban J connectivity index is 1.93. The predicted molar refractivity (Wildman–Crippen MR) is 207 cm³/mol. The topological polar surface area (TPSA) is 143 Å². The highest BCUT2D eigenvalue weighted by Gasteiger charge is 2.57. The Hall–Kier alpha value is -3.87. The minimum absolute atomic E-state index is 0.300. The van der Waals surface area contributed by atoms with Crippen LogP contribution in [0.5, 0.6) is 0 Å². The van der Waals surface area contributed by atoms with Gasteiger partial charge in [-0.25, -0.2) is 9.97 Å². The van der Waals surface area contributed by atoms with E-state index < -0.39 is 76.2 Å². The van der Waals surface area contributed by atoms with Gasteiger partial charge in [0.15, 0.2) is 24.5 Å². The van der Waals surface area contributed by atoms with Gasteiger partial charge in [-0.3, -0.25) is 24.1 Å². The van der Waals surface area contributed by atoms with Crippen LogP contribution in [-0.4, -0.2) is 88.6 Å². The number of hydrogen-bond donors (Lipinski definition) is 0. The fraction of sp³-hybridized carbons (Fsp3) is 0.619. The summed E-state index contributed by atoms with van der Waals surface area (Å²) in [6.45, 7) is 20.5. The molecule has 0 spiro atoms. The summed E-state index contributed by atoms with van der Waals surface area (Å²) in [5.74, 6) is -2.32. The number of rotatable bonds is 9. The number of aromatic nitrogens is 2. The lowest BCUT2D eigenvalue weighted by Gasteiger charge is -2.51. The fourth-order valence-corrected chi connectivity index (χ4v) is 6.13. The standard InChI is InChI=1S/C42H58ClN3O9/c1-39(2,3)35(47)51-23-30-31(53-36(48)40(4,5)6)32(54-37(49)41(7,8)9)33(55-38(50)42(10,11)12)34(52-30)46-18-17-25(27-21-44-24-45-22-27)19-28(46)20-26-15-13-14-16-29(26)43/h13-17,21-22,24,28,30-34H,18-20,23H2,1-12H3/t28-,30+,31-,32-,33+,34+/m0/s1. The highest BCUT2D eigenvalue weighted by Crippen LogP contribution is 2.39. The molecule has 3 heterocycles. The first-order valence-electron chi connectivity index (χ1n) is 18.8. The van der Waals surface area contributed by atoms with E-state index in [1.807, 2.05) is 35.2 Å². The molecule has 0 unspecified atom stereocenters. The molecule has 0 radical (unpaired) electrons. The zero-order valence-electron chi connectivity index (χ0n) is 34.3. The molecule has 1 saturated heterocycles. The van der Waals surface area contributed by atoms with Crippen molar-refractivity contribution in [1.82, 2.24) is 14.9 Å². The summed E-state index contributed by atoms with van der Waals surface area (Å²) in [4.78, 5) is 65.0. The Morgan fingerprint density at radius 1 is 0.745 bits per heavy atom. The van der Waals surface area contributed by atoms with Gasteiger partial charge in [0, 0.05) is 35.6 Å². The molecule has 302 valence electrons. The second-order valence-corrected chi connectivity index (χ2v) is 18.9. The maximum atomic E-state index is 13.9. The van der Waals surface area contributed by atoms with Crippen LogP contribution in [0.25, 0.3) is 5.57 Å². The van der Waals surface area contributed by atoms with Gasteiger partial charge in [0.05, 0.1) is 21.7 Å². The summed E-state index contributed by atoms with van der Waals surface area (Å²) < 4.78 is 31.5. The number of carbonyl (C=O) groups is 4. The van der Waals surface area contributed by atoms with Crippen molar-refractivity contribution in [1.29, 1.82) is 0 Å². The van der Waals surface area contributed by atoms with Crippen LogP contribution < -0.4 is 0 Å². The minimum atomic E-state index is -1.37. The van der Waals surface area contributed by atoms with Crippen LogP contribution >= 0.6 is 11.6 Å². The van der Waals surface area contributed by atoms with E-state index in [9.17, 15) is 19.2 Å². The lowest BCUT2D eigenvalue weighted by Crippen LogP contribution is -2.68. The molecule has 13 heteroatoms. The van der Waals surface area contributed by atoms with Gasteiger partial charge in [0.25, 0.3) is 0 Å². The highest BCUT2D eigenvalue weighted by atomic mass is 35.5. The minimum Gasteiger partial charge on any atom is -0.462 e. The Labute approximate surface area is 330 Å². The third kappa shape index (κ3) is 11.4. The number of carbonyl (C=O) groups excluding carboxylic acids is 4. The zero-order valence-corrected chi connectivity index (χ0v) is 35.1. The van der Waals surface area contributed by atoms with Crippen LogP contribution in [0.15, 0.2) is 49.1 Å². The number of halogens is 1. The van der Waals surface area contributed by atoms with E-state index in [2.05, 4.69) is 9.97 Å². The Morgan fingerprint density at radius 2 is 1.25 bits per heavy atom. The maximum Gasteiger partial charge on any atom is 0.311 e. The van der Waals surface area contributed by atoms with Crippen LogP contribution in [-0.2, 0) is 49.3 Å². The largest absolute Gasteiger partial charge is 0.462 e. The van der Waals surface area contributed by atoms with Gasteiger partial charge in [-0.1, -0.05) is 35.9 Å². The van der Waals surface area contributed by atoms with Gasteiger partial charge in [0.1, 0.15) is 19.0 Å². The first kappa shape index (κ1) is 43.9. The van der Waals surface area contributed by atoms with E-state index in [4.69, 9.17) is 35.3 Å². The smallest absolute Gasteiger partial charge is 0.311 e. The van der Waals surface area contributed by atoms with E-state index in [0.717, 1.165) is 16.7 Å². The van der Waals surface area contributed by atoms with E-state index in [-0.39, 0.29) is 12.6 Å². The first-order valence-corrected chi connectivity index (χ1v) is 19.1. The van der Waals surface area contributed by atoms with Gasteiger partial charge >= 0.3 is 23.9 Å². The van der Waals surface area contributed by atoms with Gasteiger partial charge < -0.3 is 23.7 Å². The lowest BCUT2D eigenvalue weighted by atomic mass is 9.88. The van der Waals surface area contributed by atoms with E-state index in [1.54, 1.807) is 95.5 Å². The molecule has 2 aliphatic heterocycles. The molecule has 2 aromatic rings. The normalized spacial score (nSPS) is 24.0. The molecule has 55 heavy (non-hydrogen) atoms. The number of hydrogen-bond acceptors (Lipinski definition) is 12. The average molecular weight is 784 g/mol. The number of nitrogens with zero attached hydrogens (tertiary/aromatic N) is 3. The van der Waals surface area contributed by atoms with Crippen LogP contribution in [0.3, 0.4) is 0 Å². The second kappa shape index (κ2) is 17.1. The molecule has 0 N–H and O–H groups in total. The third-order valence-corrected chi connectivity index (χ3v) is 9.68. The summed E-state index contributed by atoms with van der Waals surface area (Å²) in [5.41, 5.74) is -1.07. The summed E-state index contributed by atoms with van der Waals surface area (Å²) >= 11 is 6.73. The van der Waals surface area contributed by atoms with Gasteiger partial charge in [-0.05, 0) is 113 Å². The molecule has 12 nitrogen and oxygen atoms in total. The molecule has 6 atom stereocenters. The van der Waals surface area contributed by atoms with E-state index in [1.165, 1.54) is 6.33 Å². The van der Waals surface area contributed by atoms with Crippen LogP contribution in [0.2, 0.25) is 5.02 Å². The molecule has 0 saturated carbocycles. The quantitative estimate of drug-likeness (QED) is 0.191. The fourth-order valence-electron chi connectivity index (χ4n) is 5.91. The Bertz CT molecular complexity index is 1720. The second-order valence-electron chi connectivity index (χ2n) is 18.5. The maximum absolute atomic E-state index is 13.9. The van der Waals surface area contributed by atoms with Gasteiger partial charge in [-0.15, -0.1) is 0 Å². The first-order chi connectivity index (χ1) is 25.4.